The van der Waals surface area contributed by atoms with Gasteiger partial charge in [0.05, 0.1) is 11.1 Å². The third-order valence-corrected chi connectivity index (χ3v) is 2.14. The molecular weight excluding hydrogens is 245 g/mol. The Bertz CT molecular complexity index is 463. The first-order valence-corrected chi connectivity index (χ1v) is 5.25. The monoisotopic (exact) mass is 258 g/mol. The van der Waals surface area contributed by atoms with Gasteiger partial charge in [0.25, 0.3) is 5.91 Å². The largest absolute Gasteiger partial charge is 0.418 e. The quantitative estimate of drug-likeness (QED) is 0.847. The van der Waals surface area contributed by atoms with Crippen LogP contribution in [-0.4, -0.2) is 17.4 Å². The molecule has 0 aliphatic rings. The number of allylic oxidation sites excluding steroid dienone is 1. The van der Waals surface area contributed by atoms with E-state index in [0.29, 0.717) is 6.20 Å². The van der Waals surface area contributed by atoms with Crippen LogP contribution in [0.15, 0.2) is 30.1 Å². The fourth-order valence-electron chi connectivity index (χ4n) is 1.26. The van der Waals surface area contributed by atoms with E-state index in [2.05, 4.69) is 10.3 Å². The lowest BCUT2D eigenvalue weighted by Gasteiger charge is -2.11. The first-order chi connectivity index (χ1) is 8.32. The number of pyridine rings is 1. The number of nitrogens with one attached hydrogen (secondary N) is 1. The van der Waals surface area contributed by atoms with Gasteiger partial charge in [0.15, 0.2) is 0 Å². The Hall–Kier alpha value is -1.85. The Morgan fingerprint density at radius 1 is 1.44 bits per heavy atom. The highest BCUT2D eigenvalue weighted by atomic mass is 19.4. The van der Waals surface area contributed by atoms with E-state index in [4.69, 9.17) is 0 Å². The molecule has 0 spiro atoms. The van der Waals surface area contributed by atoms with Crippen molar-refractivity contribution >= 4 is 5.91 Å². The van der Waals surface area contributed by atoms with Crippen molar-refractivity contribution in [2.75, 3.05) is 6.54 Å². The molecule has 0 fully saturated rings. The molecule has 0 saturated carbocycles. The van der Waals surface area contributed by atoms with E-state index < -0.39 is 23.2 Å². The number of carbonyl (C=O) groups excluding carboxylic acids is 1. The number of halogens is 3. The molecule has 0 unspecified atom stereocenters. The second-order valence-electron chi connectivity index (χ2n) is 3.91. The van der Waals surface area contributed by atoms with Gasteiger partial charge >= 0.3 is 6.18 Å². The predicted molar refractivity (Wildman–Crippen MR) is 61.0 cm³/mol. The second-order valence-corrected chi connectivity index (χ2v) is 3.91. The number of amides is 1. The molecule has 18 heavy (non-hydrogen) atoms. The second kappa shape index (κ2) is 5.66. The summed E-state index contributed by atoms with van der Waals surface area (Å²) in [5.74, 6) is -0.762. The molecule has 1 heterocycles. The first kappa shape index (κ1) is 14.2. The summed E-state index contributed by atoms with van der Waals surface area (Å²) in [5.41, 5.74) is -0.472. The molecule has 1 amide bonds. The highest BCUT2D eigenvalue weighted by Crippen LogP contribution is 2.31. The maximum atomic E-state index is 12.6. The van der Waals surface area contributed by atoms with Crippen molar-refractivity contribution in [3.63, 3.8) is 0 Å². The molecule has 0 aliphatic heterocycles. The van der Waals surface area contributed by atoms with Gasteiger partial charge in [0.2, 0.25) is 0 Å². The molecule has 0 radical (unpaired) electrons. The van der Waals surface area contributed by atoms with Gasteiger partial charge in [-0.1, -0.05) is 11.6 Å². The minimum absolute atomic E-state index is 0.195. The number of rotatable bonds is 3. The highest BCUT2D eigenvalue weighted by Gasteiger charge is 2.35. The topological polar surface area (TPSA) is 42.0 Å². The molecule has 0 atom stereocenters. The molecule has 1 aromatic rings. The lowest BCUT2D eigenvalue weighted by atomic mass is 10.1. The van der Waals surface area contributed by atoms with Crippen LogP contribution in [0.2, 0.25) is 0 Å². The number of carbonyl (C=O) groups is 1. The zero-order valence-corrected chi connectivity index (χ0v) is 10.0. The molecule has 6 heteroatoms. The average Bonchev–Trinajstić information content (AvgIpc) is 2.27. The van der Waals surface area contributed by atoms with E-state index in [9.17, 15) is 18.0 Å². The van der Waals surface area contributed by atoms with Gasteiger partial charge in [-0.2, -0.15) is 13.2 Å². The Balaban J connectivity index is 2.90. The molecule has 3 nitrogen and oxygen atoms in total. The Morgan fingerprint density at radius 3 is 2.67 bits per heavy atom. The van der Waals surface area contributed by atoms with Crippen LogP contribution in [0.1, 0.15) is 29.8 Å². The van der Waals surface area contributed by atoms with E-state index in [1.54, 1.807) is 6.08 Å². The van der Waals surface area contributed by atoms with Crippen LogP contribution >= 0.6 is 0 Å². The van der Waals surface area contributed by atoms with Gasteiger partial charge in [-0.25, -0.2) is 0 Å². The summed E-state index contributed by atoms with van der Waals surface area (Å²) in [6.45, 7) is 3.86. The molecule has 0 aliphatic carbocycles. The van der Waals surface area contributed by atoms with E-state index >= 15 is 0 Å². The Labute approximate surface area is 103 Å². The number of hydrogen-bond donors (Lipinski definition) is 1. The van der Waals surface area contributed by atoms with Crippen LogP contribution in [-0.2, 0) is 6.18 Å². The minimum atomic E-state index is -4.59. The number of alkyl halides is 3. The standard InChI is InChI=1S/C12H13F3N2O/c1-8(2)3-6-17-11(18)9-4-5-16-7-10(9)12(13,14)15/h3-5,7H,6H2,1-2H3,(H,17,18). The Kier molecular flexibility index (Phi) is 4.47. The molecule has 0 saturated heterocycles. The van der Waals surface area contributed by atoms with Gasteiger partial charge in [0.1, 0.15) is 0 Å². The first-order valence-electron chi connectivity index (χ1n) is 5.25. The van der Waals surface area contributed by atoms with Crippen LogP contribution in [0.25, 0.3) is 0 Å². The normalized spacial score (nSPS) is 10.9. The maximum Gasteiger partial charge on any atom is 0.418 e. The van der Waals surface area contributed by atoms with Crippen LogP contribution in [0, 0.1) is 0 Å². The third-order valence-electron chi connectivity index (χ3n) is 2.14. The third kappa shape index (κ3) is 3.87. The summed E-state index contributed by atoms with van der Waals surface area (Å²) in [6.07, 6.45) is -1.06. The highest BCUT2D eigenvalue weighted by molar-refractivity contribution is 5.95. The molecule has 1 rings (SSSR count). The maximum absolute atomic E-state index is 12.6. The van der Waals surface area contributed by atoms with Gasteiger partial charge in [-0.05, 0) is 19.9 Å². The van der Waals surface area contributed by atoms with Crippen molar-refractivity contribution in [3.8, 4) is 0 Å². The molecule has 0 aromatic carbocycles. The van der Waals surface area contributed by atoms with Crippen molar-refractivity contribution in [1.82, 2.24) is 10.3 Å². The van der Waals surface area contributed by atoms with Crippen molar-refractivity contribution in [1.29, 1.82) is 0 Å². The van der Waals surface area contributed by atoms with E-state index in [0.717, 1.165) is 17.8 Å². The Morgan fingerprint density at radius 2 is 2.11 bits per heavy atom. The zero-order chi connectivity index (χ0) is 13.8. The summed E-state index contributed by atoms with van der Waals surface area (Å²) in [7, 11) is 0. The SMILES string of the molecule is CC(C)=CCNC(=O)c1ccncc1C(F)(F)F. The summed E-state index contributed by atoms with van der Waals surface area (Å²) in [4.78, 5) is 15.0. The lowest BCUT2D eigenvalue weighted by molar-refractivity contribution is -0.138. The van der Waals surface area contributed by atoms with Crippen molar-refractivity contribution in [2.45, 2.75) is 20.0 Å². The summed E-state index contributed by atoms with van der Waals surface area (Å²) in [5, 5.41) is 2.40. The van der Waals surface area contributed by atoms with Gasteiger partial charge in [-0.15, -0.1) is 0 Å². The van der Waals surface area contributed by atoms with Gasteiger partial charge in [-0.3, -0.25) is 9.78 Å². The lowest BCUT2D eigenvalue weighted by Crippen LogP contribution is -2.26. The molecule has 1 N–H and O–H groups in total. The summed E-state index contributed by atoms with van der Waals surface area (Å²) in [6, 6.07) is 1.06. The van der Waals surface area contributed by atoms with Gasteiger partial charge in [0, 0.05) is 18.9 Å². The van der Waals surface area contributed by atoms with Crippen LogP contribution in [0.3, 0.4) is 0 Å². The number of hydrogen-bond acceptors (Lipinski definition) is 2. The molecular formula is C12H13F3N2O. The van der Waals surface area contributed by atoms with Crippen LogP contribution < -0.4 is 5.32 Å². The van der Waals surface area contributed by atoms with Crippen LogP contribution in [0.5, 0.6) is 0 Å². The van der Waals surface area contributed by atoms with Crippen LogP contribution in [0.4, 0.5) is 13.2 Å². The van der Waals surface area contributed by atoms with Crippen molar-refractivity contribution in [2.24, 2.45) is 0 Å². The minimum Gasteiger partial charge on any atom is -0.349 e. The smallest absolute Gasteiger partial charge is 0.349 e. The fourth-order valence-corrected chi connectivity index (χ4v) is 1.26. The van der Waals surface area contributed by atoms with Gasteiger partial charge < -0.3 is 5.32 Å². The number of aromatic nitrogens is 1. The molecule has 0 bridgehead atoms. The fraction of sp³-hybridized carbons (Fsp3) is 0.333. The molecule has 1 aromatic heterocycles. The van der Waals surface area contributed by atoms with Crippen molar-refractivity contribution < 1.29 is 18.0 Å². The summed E-state index contributed by atoms with van der Waals surface area (Å²) >= 11 is 0. The molecule has 98 valence electrons. The van der Waals surface area contributed by atoms with E-state index in [-0.39, 0.29) is 6.54 Å². The van der Waals surface area contributed by atoms with Crippen molar-refractivity contribution in [3.05, 3.63) is 41.2 Å². The average molecular weight is 258 g/mol. The van der Waals surface area contributed by atoms with E-state index in [1.807, 2.05) is 13.8 Å². The van der Waals surface area contributed by atoms with E-state index in [1.165, 1.54) is 0 Å². The predicted octanol–water partition coefficient (Wildman–Crippen LogP) is 2.80. The summed E-state index contributed by atoms with van der Waals surface area (Å²) < 4.78 is 37.9. The zero-order valence-electron chi connectivity index (χ0n) is 10.0. The number of nitrogens with zero attached hydrogens (tertiary/aromatic N) is 1.